The number of ether oxygens (including phenoxy) is 2. The lowest BCUT2D eigenvalue weighted by Gasteiger charge is -2.44. The molecule has 234 valence electrons. The number of carbonyl (C=O) groups excluding carboxylic acids is 4. The summed E-state index contributed by atoms with van der Waals surface area (Å²) in [6.45, 7) is 6.17. The number of nitrogens with one attached hydrogen (secondary N) is 3. The topological polar surface area (TPSA) is 161 Å². The van der Waals surface area contributed by atoms with Crippen LogP contribution in [0.1, 0.15) is 78.1 Å². The number of carbonyl (C=O) groups is 4. The summed E-state index contributed by atoms with van der Waals surface area (Å²) in [5.41, 5.74) is 6.57. The van der Waals surface area contributed by atoms with E-state index >= 15 is 0 Å². The molecule has 0 bridgehead atoms. The fourth-order valence-electron chi connectivity index (χ4n) is 5.81. The Morgan fingerprint density at radius 3 is 2.63 bits per heavy atom. The SMILES string of the molecule is CCCCC(C(=O)NCCOCCOCCN)C(=O)C1(CCCC)NOC(=O)CCCC[C@H]2SC[C@H]3NC(=O)N1[C@H]32. The summed E-state index contributed by atoms with van der Waals surface area (Å²) in [5, 5.41) is 6.05. The lowest BCUT2D eigenvalue weighted by Crippen LogP contribution is -2.70. The van der Waals surface area contributed by atoms with E-state index in [0.717, 1.165) is 31.4 Å². The fraction of sp³-hybridized carbons (Fsp3) is 0.857. The van der Waals surface area contributed by atoms with Gasteiger partial charge in [-0.1, -0.05) is 39.5 Å². The van der Waals surface area contributed by atoms with Crippen molar-refractivity contribution in [2.75, 3.05) is 45.3 Å². The first-order valence-electron chi connectivity index (χ1n) is 15.2. The van der Waals surface area contributed by atoms with Gasteiger partial charge in [0.2, 0.25) is 5.91 Å². The van der Waals surface area contributed by atoms with Crippen LogP contribution in [-0.4, -0.2) is 96.9 Å². The molecular weight excluding hydrogens is 550 g/mol. The average Bonchev–Trinajstić information content (AvgIpc) is 3.50. The molecule has 2 unspecified atom stereocenters. The van der Waals surface area contributed by atoms with Crippen LogP contribution in [-0.2, 0) is 28.7 Å². The summed E-state index contributed by atoms with van der Waals surface area (Å²) in [4.78, 5) is 61.6. The van der Waals surface area contributed by atoms with Gasteiger partial charge < -0.3 is 30.7 Å². The first kappa shape index (κ1) is 33.6. The molecule has 0 aliphatic carbocycles. The number of nitrogens with zero attached hydrogens (tertiary/aromatic N) is 1. The van der Waals surface area contributed by atoms with Crippen molar-refractivity contribution in [3.63, 3.8) is 0 Å². The van der Waals surface area contributed by atoms with Gasteiger partial charge in [0.25, 0.3) is 0 Å². The van der Waals surface area contributed by atoms with E-state index in [2.05, 4.69) is 16.1 Å². The number of urea groups is 1. The monoisotopic (exact) mass is 599 g/mol. The minimum atomic E-state index is -1.66. The van der Waals surface area contributed by atoms with Gasteiger partial charge in [0, 0.05) is 30.5 Å². The lowest BCUT2D eigenvalue weighted by atomic mass is 9.83. The van der Waals surface area contributed by atoms with E-state index < -0.39 is 29.2 Å². The number of rotatable bonds is 17. The Labute approximate surface area is 247 Å². The summed E-state index contributed by atoms with van der Waals surface area (Å²) >= 11 is 1.79. The number of hydrogen-bond donors (Lipinski definition) is 4. The van der Waals surface area contributed by atoms with E-state index in [9.17, 15) is 19.2 Å². The third-order valence-corrected chi connectivity index (χ3v) is 9.43. The van der Waals surface area contributed by atoms with Crippen molar-refractivity contribution in [2.45, 2.75) is 101 Å². The van der Waals surface area contributed by atoms with E-state index in [4.69, 9.17) is 20.0 Å². The smallest absolute Gasteiger partial charge is 0.324 e. The zero-order chi connectivity index (χ0) is 29.7. The van der Waals surface area contributed by atoms with Crippen LogP contribution in [0.25, 0.3) is 0 Å². The standard InChI is InChI=1S/C28H49N5O7S/c1-3-5-9-20(26(36)30-14-16-39-18-17-38-15-13-29)25(35)28(12-6-4-2)32-40-23(34)11-8-7-10-22-24-21(19-41-22)31-27(37)33(24)28/h20-22,24,32H,3-19,29H2,1-2H3,(H,30,36)(H,31,37)/t20?,21-,22-,24-,28?/m1/s1. The molecule has 3 saturated heterocycles. The maximum absolute atomic E-state index is 14.7. The van der Waals surface area contributed by atoms with E-state index in [1.54, 1.807) is 16.7 Å². The summed E-state index contributed by atoms with van der Waals surface area (Å²) in [7, 11) is 0. The molecule has 13 heteroatoms. The summed E-state index contributed by atoms with van der Waals surface area (Å²) in [6, 6.07) is -0.724. The van der Waals surface area contributed by atoms with Gasteiger partial charge >= 0.3 is 12.0 Å². The largest absolute Gasteiger partial charge is 0.378 e. The fourth-order valence-corrected chi connectivity index (χ4v) is 7.38. The predicted octanol–water partition coefficient (Wildman–Crippen LogP) is 1.86. The van der Waals surface area contributed by atoms with Gasteiger partial charge in [-0.05, 0) is 32.1 Å². The Balaban J connectivity index is 1.87. The minimum absolute atomic E-state index is 0.113. The number of thioether (sulfide) groups is 1. The zero-order valence-electron chi connectivity index (χ0n) is 24.6. The van der Waals surface area contributed by atoms with Gasteiger partial charge in [-0.25, -0.2) is 4.79 Å². The highest BCUT2D eigenvalue weighted by Gasteiger charge is 2.60. The van der Waals surface area contributed by atoms with Crippen LogP contribution < -0.4 is 21.8 Å². The second-order valence-electron chi connectivity index (χ2n) is 10.9. The Morgan fingerprint density at radius 2 is 1.90 bits per heavy atom. The maximum Gasteiger partial charge on any atom is 0.324 e. The van der Waals surface area contributed by atoms with Gasteiger partial charge in [0.1, 0.15) is 5.92 Å². The van der Waals surface area contributed by atoms with Gasteiger partial charge in [-0.3, -0.25) is 19.3 Å². The third kappa shape index (κ3) is 8.79. The predicted molar refractivity (Wildman–Crippen MR) is 156 cm³/mol. The Hall–Kier alpha value is -1.93. The van der Waals surface area contributed by atoms with Crippen molar-refractivity contribution >= 4 is 35.5 Å². The highest BCUT2D eigenvalue weighted by atomic mass is 32.2. The van der Waals surface area contributed by atoms with E-state index in [0.29, 0.717) is 52.0 Å². The Morgan fingerprint density at radius 1 is 1.15 bits per heavy atom. The van der Waals surface area contributed by atoms with Crippen LogP contribution in [0.2, 0.25) is 0 Å². The molecule has 3 aliphatic rings. The summed E-state index contributed by atoms with van der Waals surface area (Å²) in [5.74, 6) is -1.61. The van der Waals surface area contributed by atoms with Crippen LogP contribution in [0.5, 0.6) is 0 Å². The second-order valence-corrected chi connectivity index (χ2v) is 12.2. The molecule has 0 spiro atoms. The number of hydroxylamine groups is 1. The van der Waals surface area contributed by atoms with Crippen LogP contribution in [0.15, 0.2) is 0 Å². The summed E-state index contributed by atoms with van der Waals surface area (Å²) in [6.07, 6.45) is 5.90. The van der Waals surface area contributed by atoms with Crippen molar-refractivity contribution in [1.82, 2.24) is 21.0 Å². The van der Waals surface area contributed by atoms with Crippen molar-refractivity contribution in [2.24, 2.45) is 11.7 Å². The first-order chi connectivity index (χ1) is 19.9. The highest BCUT2D eigenvalue weighted by Crippen LogP contribution is 2.42. The molecular formula is C28H49N5O7S. The Bertz CT molecular complexity index is 881. The number of nitrogens with two attached hydrogens (primary N) is 1. The highest BCUT2D eigenvalue weighted by molar-refractivity contribution is 8.00. The average molecular weight is 600 g/mol. The van der Waals surface area contributed by atoms with E-state index in [1.165, 1.54) is 0 Å². The Kier molecular flexibility index (Phi) is 14.1. The molecule has 0 radical (unpaired) electrons. The minimum Gasteiger partial charge on any atom is -0.378 e. The molecule has 3 aliphatic heterocycles. The molecule has 0 aromatic heterocycles. The number of amides is 3. The van der Waals surface area contributed by atoms with Crippen molar-refractivity contribution in [3.8, 4) is 0 Å². The number of Topliss-reactive ketones (excluding diaryl/α,β-unsaturated/α-hetero) is 1. The molecule has 0 aromatic carbocycles. The number of ketones is 1. The molecule has 3 amide bonds. The molecule has 41 heavy (non-hydrogen) atoms. The van der Waals surface area contributed by atoms with Gasteiger partial charge in [-0.2, -0.15) is 11.8 Å². The molecule has 3 fully saturated rings. The number of hydrogen-bond acceptors (Lipinski definition) is 10. The normalized spacial score (nSPS) is 27.0. The van der Waals surface area contributed by atoms with E-state index in [1.807, 2.05) is 13.8 Å². The van der Waals surface area contributed by atoms with E-state index in [-0.39, 0.29) is 49.4 Å². The number of unbranched alkanes of at least 4 members (excludes halogenated alkanes) is 2. The van der Waals surface area contributed by atoms with Crippen LogP contribution in [0.4, 0.5) is 4.79 Å². The maximum atomic E-state index is 14.7. The molecule has 5 atom stereocenters. The molecule has 0 saturated carbocycles. The summed E-state index contributed by atoms with van der Waals surface area (Å²) < 4.78 is 10.8. The van der Waals surface area contributed by atoms with Crippen molar-refractivity contribution < 1.29 is 33.5 Å². The second kappa shape index (κ2) is 17.3. The third-order valence-electron chi connectivity index (χ3n) is 7.93. The van der Waals surface area contributed by atoms with Crippen molar-refractivity contribution in [3.05, 3.63) is 0 Å². The molecule has 0 aromatic rings. The molecule has 12 nitrogen and oxygen atoms in total. The molecule has 5 N–H and O–H groups in total. The molecule has 3 rings (SSSR count). The quantitative estimate of drug-likeness (QED) is 0.110. The van der Waals surface area contributed by atoms with Crippen molar-refractivity contribution in [1.29, 1.82) is 0 Å². The molecule has 3 heterocycles. The lowest BCUT2D eigenvalue weighted by molar-refractivity contribution is -0.170. The van der Waals surface area contributed by atoms with Crippen LogP contribution in [0, 0.1) is 5.92 Å². The van der Waals surface area contributed by atoms with Crippen LogP contribution in [0.3, 0.4) is 0 Å². The van der Waals surface area contributed by atoms with Crippen LogP contribution >= 0.6 is 11.8 Å². The van der Waals surface area contributed by atoms with Gasteiger partial charge in [0.05, 0.1) is 38.5 Å². The zero-order valence-corrected chi connectivity index (χ0v) is 25.4. The van der Waals surface area contributed by atoms with Gasteiger partial charge in [0.15, 0.2) is 11.4 Å². The first-order valence-corrected chi connectivity index (χ1v) is 16.3. The van der Waals surface area contributed by atoms with Gasteiger partial charge in [-0.15, -0.1) is 5.48 Å².